The lowest BCUT2D eigenvalue weighted by Crippen LogP contribution is -2.29. The van der Waals surface area contributed by atoms with Gasteiger partial charge in [-0.1, -0.05) is 12.1 Å². The molecular weight excluding hydrogens is 352 g/mol. The molecule has 1 aliphatic rings. The van der Waals surface area contributed by atoms with Crippen LogP contribution in [-0.2, 0) is 16.0 Å². The van der Waals surface area contributed by atoms with Crippen LogP contribution < -0.4 is 5.32 Å². The maximum absolute atomic E-state index is 12.2. The SMILES string of the molecule is CC1CCC(C(=O)O)=C(NC(=O)CCc2nc(-c3ccc(O)cn3)no2)C1. The van der Waals surface area contributed by atoms with Crippen LogP contribution in [0.1, 0.15) is 38.5 Å². The highest BCUT2D eigenvalue weighted by molar-refractivity contribution is 5.89. The molecule has 2 aromatic rings. The summed E-state index contributed by atoms with van der Waals surface area (Å²) < 4.78 is 5.12. The number of rotatable bonds is 6. The van der Waals surface area contributed by atoms with Crippen LogP contribution in [-0.4, -0.2) is 37.2 Å². The number of hydrogen-bond acceptors (Lipinski definition) is 7. The van der Waals surface area contributed by atoms with Crippen molar-refractivity contribution < 1.29 is 24.3 Å². The Morgan fingerprint density at radius 1 is 1.37 bits per heavy atom. The van der Waals surface area contributed by atoms with Gasteiger partial charge >= 0.3 is 5.97 Å². The molecular formula is C18H20N4O5. The van der Waals surface area contributed by atoms with Crippen molar-refractivity contribution in [2.45, 2.75) is 39.0 Å². The first-order chi connectivity index (χ1) is 12.9. The number of carbonyl (C=O) groups excluding carboxylic acids is 1. The number of carboxylic acid groups (broad SMARTS) is 1. The molecule has 0 spiro atoms. The van der Waals surface area contributed by atoms with E-state index in [1.807, 2.05) is 6.92 Å². The molecule has 1 unspecified atom stereocenters. The minimum Gasteiger partial charge on any atom is -0.506 e. The van der Waals surface area contributed by atoms with E-state index < -0.39 is 5.97 Å². The molecule has 0 aliphatic heterocycles. The molecule has 1 aliphatic carbocycles. The lowest BCUT2D eigenvalue weighted by Gasteiger charge is -2.23. The molecule has 9 nitrogen and oxygen atoms in total. The summed E-state index contributed by atoms with van der Waals surface area (Å²) in [7, 11) is 0. The number of nitrogens with one attached hydrogen (secondary N) is 1. The predicted octanol–water partition coefficient (Wildman–Crippen LogP) is 2.04. The van der Waals surface area contributed by atoms with Crippen molar-refractivity contribution in [1.29, 1.82) is 0 Å². The van der Waals surface area contributed by atoms with Crippen molar-refractivity contribution >= 4 is 11.9 Å². The van der Waals surface area contributed by atoms with Crippen LogP contribution >= 0.6 is 0 Å². The smallest absolute Gasteiger partial charge is 0.333 e. The van der Waals surface area contributed by atoms with Crippen molar-refractivity contribution in [2.24, 2.45) is 5.92 Å². The van der Waals surface area contributed by atoms with E-state index in [4.69, 9.17) is 4.52 Å². The molecule has 2 heterocycles. The third kappa shape index (κ3) is 4.69. The summed E-state index contributed by atoms with van der Waals surface area (Å²) in [4.78, 5) is 31.7. The number of aromatic nitrogens is 3. The van der Waals surface area contributed by atoms with Gasteiger partial charge in [0.25, 0.3) is 0 Å². The Labute approximate surface area is 155 Å². The molecule has 142 valence electrons. The summed E-state index contributed by atoms with van der Waals surface area (Å²) in [6.45, 7) is 2.03. The Hall–Kier alpha value is -3.23. The van der Waals surface area contributed by atoms with Gasteiger partial charge in [0.05, 0.1) is 11.8 Å². The first-order valence-corrected chi connectivity index (χ1v) is 8.65. The van der Waals surface area contributed by atoms with E-state index in [1.54, 1.807) is 6.07 Å². The van der Waals surface area contributed by atoms with Gasteiger partial charge in [-0.15, -0.1) is 0 Å². The number of hydrogen-bond donors (Lipinski definition) is 3. The van der Waals surface area contributed by atoms with Gasteiger partial charge in [-0.25, -0.2) is 9.78 Å². The molecule has 1 atom stereocenters. The fourth-order valence-electron chi connectivity index (χ4n) is 2.91. The quantitative estimate of drug-likeness (QED) is 0.700. The number of pyridine rings is 1. The van der Waals surface area contributed by atoms with Crippen LogP contribution in [0.25, 0.3) is 11.5 Å². The fraction of sp³-hybridized carbons (Fsp3) is 0.389. The highest BCUT2D eigenvalue weighted by atomic mass is 16.5. The molecule has 2 aromatic heterocycles. The van der Waals surface area contributed by atoms with Gasteiger partial charge in [0, 0.05) is 18.5 Å². The highest BCUT2D eigenvalue weighted by Gasteiger charge is 2.24. The van der Waals surface area contributed by atoms with Crippen LogP contribution in [0.15, 0.2) is 34.1 Å². The van der Waals surface area contributed by atoms with E-state index >= 15 is 0 Å². The summed E-state index contributed by atoms with van der Waals surface area (Å²) >= 11 is 0. The van der Waals surface area contributed by atoms with Gasteiger partial charge < -0.3 is 20.1 Å². The molecule has 3 N–H and O–H groups in total. The predicted molar refractivity (Wildman–Crippen MR) is 93.3 cm³/mol. The zero-order valence-electron chi connectivity index (χ0n) is 14.8. The van der Waals surface area contributed by atoms with Crippen LogP contribution in [0.2, 0.25) is 0 Å². The van der Waals surface area contributed by atoms with Crippen molar-refractivity contribution in [3.63, 3.8) is 0 Å². The van der Waals surface area contributed by atoms with Gasteiger partial charge in [-0.05, 0) is 37.3 Å². The third-order valence-electron chi connectivity index (χ3n) is 4.36. The number of allylic oxidation sites excluding steroid dienone is 1. The summed E-state index contributed by atoms with van der Waals surface area (Å²) in [6.07, 6.45) is 3.40. The minimum absolute atomic E-state index is 0.0335. The maximum Gasteiger partial charge on any atom is 0.333 e. The first kappa shape index (κ1) is 18.6. The zero-order chi connectivity index (χ0) is 19.4. The van der Waals surface area contributed by atoms with Crippen LogP contribution in [0.4, 0.5) is 0 Å². The molecule has 0 saturated heterocycles. The highest BCUT2D eigenvalue weighted by Crippen LogP contribution is 2.28. The molecule has 0 bridgehead atoms. The van der Waals surface area contributed by atoms with Crippen LogP contribution in [0.3, 0.4) is 0 Å². The second kappa shape index (κ2) is 7.98. The molecule has 9 heteroatoms. The maximum atomic E-state index is 12.2. The molecule has 1 amide bonds. The number of amides is 1. The molecule has 0 radical (unpaired) electrons. The van der Waals surface area contributed by atoms with Gasteiger partial charge in [0.15, 0.2) is 0 Å². The Bertz CT molecular complexity index is 872. The van der Waals surface area contributed by atoms with E-state index in [0.29, 0.717) is 30.2 Å². The molecule has 0 saturated carbocycles. The lowest BCUT2D eigenvalue weighted by molar-refractivity contribution is -0.133. The fourth-order valence-corrected chi connectivity index (χ4v) is 2.91. The monoisotopic (exact) mass is 372 g/mol. The standard InChI is InChI=1S/C18H20N4O5/c1-10-2-4-12(18(25)26)14(8-10)20-15(24)6-7-16-21-17(22-27-16)13-5-3-11(23)9-19-13/h3,5,9-10,23H,2,4,6-8H2,1H3,(H,20,24)(H,25,26). The van der Waals surface area contributed by atoms with Crippen molar-refractivity contribution in [2.75, 3.05) is 0 Å². The number of carboxylic acids is 1. The number of aromatic hydroxyl groups is 1. The van der Waals surface area contributed by atoms with E-state index in [-0.39, 0.29) is 41.8 Å². The summed E-state index contributed by atoms with van der Waals surface area (Å²) in [5.74, 6) is -0.367. The van der Waals surface area contributed by atoms with Crippen molar-refractivity contribution in [3.05, 3.63) is 35.5 Å². The Morgan fingerprint density at radius 2 is 2.19 bits per heavy atom. The van der Waals surface area contributed by atoms with Crippen LogP contribution in [0.5, 0.6) is 5.75 Å². The first-order valence-electron chi connectivity index (χ1n) is 8.65. The van der Waals surface area contributed by atoms with E-state index in [9.17, 15) is 19.8 Å². The molecule has 0 aromatic carbocycles. The Balaban J connectivity index is 1.59. The number of nitrogens with zero attached hydrogens (tertiary/aromatic N) is 3. The summed E-state index contributed by atoms with van der Waals surface area (Å²) in [5.41, 5.74) is 1.21. The molecule has 0 fully saturated rings. The van der Waals surface area contributed by atoms with E-state index in [1.165, 1.54) is 12.3 Å². The zero-order valence-corrected chi connectivity index (χ0v) is 14.8. The van der Waals surface area contributed by atoms with Gasteiger partial charge in [-0.2, -0.15) is 4.98 Å². The lowest BCUT2D eigenvalue weighted by atomic mass is 9.88. The average molecular weight is 372 g/mol. The minimum atomic E-state index is -0.986. The van der Waals surface area contributed by atoms with Gasteiger partial charge in [0.2, 0.25) is 17.6 Å². The van der Waals surface area contributed by atoms with Crippen LogP contribution in [0, 0.1) is 5.92 Å². The summed E-state index contributed by atoms with van der Waals surface area (Å²) in [5, 5.41) is 25.1. The number of aliphatic carboxylic acids is 1. The second-order valence-electron chi connectivity index (χ2n) is 6.57. The Morgan fingerprint density at radius 3 is 2.89 bits per heavy atom. The topological polar surface area (TPSA) is 138 Å². The number of carbonyl (C=O) groups is 2. The summed E-state index contributed by atoms with van der Waals surface area (Å²) in [6, 6.07) is 3.02. The normalized spacial score (nSPS) is 17.0. The molecule has 3 rings (SSSR count). The van der Waals surface area contributed by atoms with Crippen molar-refractivity contribution in [3.8, 4) is 17.3 Å². The third-order valence-corrected chi connectivity index (χ3v) is 4.36. The molecule has 27 heavy (non-hydrogen) atoms. The van der Waals surface area contributed by atoms with Gasteiger partial charge in [-0.3, -0.25) is 4.79 Å². The Kier molecular flexibility index (Phi) is 5.49. The largest absolute Gasteiger partial charge is 0.506 e. The van der Waals surface area contributed by atoms with E-state index in [0.717, 1.165) is 6.42 Å². The number of aryl methyl sites for hydroxylation is 1. The average Bonchev–Trinajstić information content (AvgIpc) is 3.09. The van der Waals surface area contributed by atoms with Crippen molar-refractivity contribution in [1.82, 2.24) is 20.4 Å². The van der Waals surface area contributed by atoms with E-state index in [2.05, 4.69) is 20.4 Å². The van der Waals surface area contributed by atoms with Gasteiger partial charge in [0.1, 0.15) is 11.4 Å². The second-order valence-corrected chi connectivity index (χ2v) is 6.57.